The Morgan fingerprint density at radius 1 is 1.07 bits per heavy atom. The number of nitrogens with one attached hydrogen (secondary N) is 1. The van der Waals surface area contributed by atoms with Crippen molar-refractivity contribution < 1.29 is 14.3 Å². The van der Waals surface area contributed by atoms with Gasteiger partial charge in [0.05, 0.1) is 26.5 Å². The third-order valence-electron chi connectivity index (χ3n) is 4.35. The summed E-state index contributed by atoms with van der Waals surface area (Å²) in [6.07, 6.45) is 0. The summed E-state index contributed by atoms with van der Waals surface area (Å²) in [7, 11) is 3.18. The SMILES string of the molecule is CCN(CC)C(=O)c1ccc(CN=C(N)Nc2cc(OC)ccc2OC)cc1. The molecule has 2 aromatic carbocycles. The van der Waals surface area contributed by atoms with Crippen LogP contribution in [0.5, 0.6) is 11.5 Å². The quantitative estimate of drug-likeness (QED) is 0.539. The molecule has 0 saturated carbocycles. The van der Waals surface area contributed by atoms with Crippen molar-refractivity contribution in [2.45, 2.75) is 20.4 Å². The first kappa shape index (κ1) is 21.1. The lowest BCUT2D eigenvalue weighted by molar-refractivity contribution is 0.0773. The maximum absolute atomic E-state index is 12.3. The van der Waals surface area contributed by atoms with Gasteiger partial charge in [0.15, 0.2) is 5.96 Å². The number of rotatable bonds is 8. The van der Waals surface area contributed by atoms with Gasteiger partial charge in [0, 0.05) is 24.7 Å². The molecule has 1 amide bonds. The highest BCUT2D eigenvalue weighted by Crippen LogP contribution is 2.28. The molecule has 0 aliphatic carbocycles. The fourth-order valence-corrected chi connectivity index (χ4v) is 2.71. The zero-order valence-electron chi connectivity index (χ0n) is 16.9. The lowest BCUT2D eigenvalue weighted by Gasteiger charge is -2.18. The van der Waals surface area contributed by atoms with Gasteiger partial charge >= 0.3 is 0 Å². The van der Waals surface area contributed by atoms with Crippen molar-refractivity contribution in [2.24, 2.45) is 10.7 Å². The maximum atomic E-state index is 12.3. The Labute approximate surface area is 166 Å². The normalized spacial score (nSPS) is 11.1. The predicted octanol–water partition coefficient (Wildman–Crippen LogP) is 3.11. The van der Waals surface area contributed by atoms with E-state index in [1.165, 1.54) is 0 Å². The second-order valence-electron chi connectivity index (χ2n) is 6.07. The summed E-state index contributed by atoms with van der Waals surface area (Å²) in [5.41, 5.74) is 8.30. The number of amides is 1. The molecule has 7 heteroatoms. The van der Waals surface area contributed by atoms with Crippen LogP contribution in [-0.4, -0.2) is 44.1 Å². The first-order valence-corrected chi connectivity index (χ1v) is 9.19. The second-order valence-corrected chi connectivity index (χ2v) is 6.07. The number of nitrogens with zero attached hydrogens (tertiary/aromatic N) is 2. The molecule has 2 aromatic rings. The molecule has 0 spiro atoms. The number of carbonyl (C=O) groups is 1. The summed E-state index contributed by atoms with van der Waals surface area (Å²) in [5, 5.41) is 3.03. The largest absolute Gasteiger partial charge is 0.497 e. The van der Waals surface area contributed by atoms with Crippen LogP contribution >= 0.6 is 0 Å². The summed E-state index contributed by atoms with van der Waals surface area (Å²) in [6.45, 7) is 5.72. The van der Waals surface area contributed by atoms with E-state index in [0.29, 0.717) is 42.4 Å². The number of guanidine groups is 1. The van der Waals surface area contributed by atoms with E-state index in [0.717, 1.165) is 5.56 Å². The molecule has 2 rings (SSSR count). The highest BCUT2D eigenvalue weighted by Gasteiger charge is 2.12. The summed E-state index contributed by atoms with van der Waals surface area (Å²) in [4.78, 5) is 18.5. The topological polar surface area (TPSA) is 89.2 Å². The molecule has 7 nitrogen and oxygen atoms in total. The fourth-order valence-electron chi connectivity index (χ4n) is 2.71. The van der Waals surface area contributed by atoms with Gasteiger partial charge in [-0.05, 0) is 43.7 Å². The number of ether oxygens (including phenoxy) is 2. The van der Waals surface area contributed by atoms with Crippen LogP contribution in [0.2, 0.25) is 0 Å². The average Bonchev–Trinajstić information content (AvgIpc) is 2.73. The third-order valence-corrected chi connectivity index (χ3v) is 4.35. The molecule has 0 atom stereocenters. The van der Waals surface area contributed by atoms with Crippen LogP contribution in [0.3, 0.4) is 0 Å². The number of anilines is 1. The maximum Gasteiger partial charge on any atom is 0.253 e. The number of hydrogen-bond acceptors (Lipinski definition) is 4. The van der Waals surface area contributed by atoms with Gasteiger partial charge in [-0.25, -0.2) is 4.99 Å². The first-order valence-electron chi connectivity index (χ1n) is 9.19. The Morgan fingerprint density at radius 2 is 1.75 bits per heavy atom. The number of aliphatic imine (C=N–C) groups is 1. The van der Waals surface area contributed by atoms with Crippen molar-refractivity contribution in [1.29, 1.82) is 0 Å². The Hall–Kier alpha value is -3.22. The van der Waals surface area contributed by atoms with Crippen LogP contribution in [0.15, 0.2) is 47.5 Å². The summed E-state index contributed by atoms with van der Waals surface area (Å²) < 4.78 is 10.5. The molecule has 3 N–H and O–H groups in total. The van der Waals surface area contributed by atoms with Crippen LogP contribution in [0.1, 0.15) is 29.8 Å². The fraction of sp³-hybridized carbons (Fsp3) is 0.333. The van der Waals surface area contributed by atoms with E-state index < -0.39 is 0 Å². The van der Waals surface area contributed by atoms with Gasteiger partial charge in [-0.2, -0.15) is 0 Å². The minimum atomic E-state index is 0.0337. The Bertz CT molecular complexity index is 815. The molecule has 0 radical (unpaired) electrons. The molecule has 0 bridgehead atoms. The number of nitrogens with two attached hydrogens (primary N) is 1. The summed E-state index contributed by atoms with van der Waals surface area (Å²) in [6, 6.07) is 12.8. The standard InChI is InChI=1S/C21H28N4O3/c1-5-25(6-2)20(26)16-9-7-15(8-10-16)14-23-21(22)24-18-13-17(27-3)11-12-19(18)28-4/h7-13H,5-6,14H2,1-4H3,(H3,22,23,24). The van der Waals surface area contributed by atoms with E-state index in [1.807, 2.05) is 38.1 Å². The molecule has 150 valence electrons. The molecular weight excluding hydrogens is 356 g/mol. The zero-order chi connectivity index (χ0) is 20.5. The molecule has 28 heavy (non-hydrogen) atoms. The molecular formula is C21H28N4O3. The van der Waals surface area contributed by atoms with Crippen molar-refractivity contribution in [1.82, 2.24) is 4.90 Å². The van der Waals surface area contributed by atoms with Gasteiger partial charge in [-0.15, -0.1) is 0 Å². The molecule has 0 fully saturated rings. The Morgan fingerprint density at radius 3 is 2.32 bits per heavy atom. The van der Waals surface area contributed by atoms with E-state index in [1.54, 1.807) is 37.3 Å². The van der Waals surface area contributed by atoms with Crippen molar-refractivity contribution >= 4 is 17.6 Å². The number of methoxy groups -OCH3 is 2. The van der Waals surface area contributed by atoms with Crippen molar-refractivity contribution in [2.75, 3.05) is 32.6 Å². The Balaban J connectivity index is 2.04. The van der Waals surface area contributed by atoms with Crippen LogP contribution in [0.4, 0.5) is 5.69 Å². The van der Waals surface area contributed by atoms with Crippen molar-refractivity contribution in [3.05, 3.63) is 53.6 Å². The second kappa shape index (κ2) is 10.2. The molecule has 0 heterocycles. The monoisotopic (exact) mass is 384 g/mol. The number of carbonyl (C=O) groups excluding carboxylic acids is 1. The van der Waals surface area contributed by atoms with Gasteiger partial charge in [-0.1, -0.05) is 12.1 Å². The lowest BCUT2D eigenvalue weighted by Crippen LogP contribution is -2.30. The molecule has 0 aliphatic heterocycles. The molecule has 0 aromatic heterocycles. The summed E-state index contributed by atoms with van der Waals surface area (Å²) >= 11 is 0. The number of hydrogen-bond donors (Lipinski definition) is 2. The van der Waals surface area contributed by atoms with Crippen LogP contribution < -0.4 is 20.5 Å². The van der Waals surface area contributed by atoms with Gasteiger partial charge in [0.25, 0.3) is 5.91 Å². The van der Waals surface area contributed by atoms with E-state index in [4.69, 9.17) is 15.2 Å². The van der Waals surface area contributed by atoms with Gasteiger partial charge in [-0.3, -0.25) is 4.79 Å². The molecule has 0 unspecified atom stereocenters. The van der Waals surface area contributed by atoms with E-state index >= 15 is 0 Å². The van der Waals surface area contributed by atoms with Crippen LogP contribution in [0.25, 0.3) is 0 Å². The third kappa shape index (κ3) is 5.39. The van der Waals surface area contributed by atoms with Gasteiger partial charge in [0.1, 0.15) is 11.5 Å². The Kier molecular flexibility index (Phi) is 7.68. The molecule has 0 aliphatic rings. The zero-order valence-corrected chi connectivity index (χ0v) is 16.9. The molecule has 0 saturated heterocycles. The van der Waals surface area contributed by atoms with Crippen LogP contribution in [0, 0.1) is 0 Å². The van der Waals surface area contributed by atoms with Gasteiger partial charge in [0.2, 0.25) is 0 Å². The lowest BCUT2D eigenvalue weighted by atomic mass is 10.1. The van der Waals surface area contributed by atoms with E-state index in [-0.39, 0.29) is 11.9 Å². The predicted molar refractivity (Wildman–Crippen MR) is 112 cm³/mol. The average molecular weight is 384 g/mol. The highest BCUT2D eigenvalue weighted by atomic mass is 16.5. The van der Waals surface area contributed by atoms with Crippen molar-refractivity contribution in [3.8, 4) is 11.5 Å². The van der Waals surface area contributed by atoms with Crippen molar-refractivity contribution in [3.63, 3.8) is 0 Å². The summed E-state index contributed by atoms with van der Waals surface area (Å²) in [5.74, 6) is 1.61. The first-order chi connectivity index (χ1) is 13.5. The van der Waals surface area contributed by atoms with Gasteiger partial charge < -0.3 is 25.4 Å². The smallest absolute Gasteiger partial charge is 0.253 e. The minimum Gasteiger partial charge on any atom is -0.497 e. The minimum absolute atomic E-state index is 0.0337. The van der Waals surface area contributed by atoms with E-state index in [9.17, 15) is 4.79 Å². The highest BCUT2D eigenvalue weighted by molar-refractivity contribution is 5.94. The van der Waals surface area contributed by atoms with Crippen LogP contribution in [-0.2, 0) is 6.54 Å². The van der Waals surface area contributed by atoms with E-state index in [2.05, 4.69) is 10.3 Å². The number of benzene rings is 2.